The first kappa shape index (κ1) is 19.5. The van der Waals surface area contributed by atoms with Crippen molar-refractivity contribution in [2.75, 3.05) is 18.4 Å². The minimum atomic E-state index is -0.372. The van der Waals surface area contributed by atoms with Gasteiger partial charge in [-0.15, -0.1) is 0 Å². The van der Waals surface area contributed by atoms with E-state index in [9.17, 15) is 9.59 Å². The highest BCUT2D eigenvalue weighted by Crippen LogP contribution is 2.21. The number of benzene rings is 2. The second-order valence-electron chi connectivity index (χ2n) is 6.48. The van der Waals surface area contributed by atoms with E-state index >= 15 is 0 Å². The molecule has 3 rings (SSSR count). The highest BCUT2D eigenvalue weighted by molar-refractivity contribution is 6.35. The number of likely N-dealkylation sites (tertiary alicyclic amines) is 1. The fraction of sp³-hybridized carbons (Fsp3) is 0.300. The van der Waals surface area contributed by atoms with Crippen LogP contribution in [0.1, 0.15) is 35.2 Å². The van der Waals surface area contributed by atoms with Crippen molar-refractivity contribution in [3.05, 3.63) is 63.6 Å². The first-order valence-corrected chi connectivity index (χ1v) is 9.66. The van der Waals surface area contributed by atoms with Crippen LogP contribution in [0.2, 0.25) is 10.0 Å². The molecule has 0 atom stereocenters. The highest BCUT2D eigenvalue weighted by Gasteiger charge is 2.18. The standard InChI is InChI=1S/C20H21Cl2N3O2/c21-16-8-7-15(18(22)12-16)13-23-20(27)24-17-6-4-5-14(11-17)19(26)25-9-2-1-3-10-25/h4-8,11-12H,1-3,9-10,13H2,(H2,23,24,27). The lowest BCUT2D eigenvalue weighted by Gasteiger charge is -2.26. The number of anilines is 1. The van der Waals surface area contributed by atoms with Crippen molar-refractivity contribution in [3.8, 4) is 0 Å². The Hall–Kier alpha value is -2.24. The largest absolute Gasteiger partial charge is 0.339 e. The minimum Gasteiger partial charge on any atom is -0.339 e. The number of nitrogens with one attached hydrogen (secondary N) is 2. The predicted octanol–water partition coefficient (Wildman–Crippen LogP) is 4.94. The number of urea groups is 1. The van der Waals surface area contributed by atoms with Crippen LogP contribution in [0, 0.1) is 0 Å². The third-order valence-electron chi connectivity index (χ3n) is 4.47. The van der Waals surface area contributed by atoms with Gasteiger partial charge in [-0.2, -0.15) is 0 Å². The highest BCUT2D eigenvalue weighted by atomic mass is 35.5. The number of halogens is 2. The Kier molecular flexibility index (Phi) is 6.58. The second kappa shape index (κ2) is 9.11. The van der Waals surface area contributed by atoms with Crippen LogP contribution < -0.4 is 10.6 Å². The van der Waals surface area contributed by atoms with Gasteiger partial charge in [0.2, 0.25) is 0 Å². The van der Waals surface area contributed by atoms with Gasteiger partial charge in [-0.25, -0.2) is 4.79 Å². The summed E-state index contributed by atoms with van der Waals surface area (Å²) in [6.07, 6.45) is 3.25. The van der Waals surface area contributed by atoms with E-state index in [0.717, 1.165) is 31.5 Å². The molecule has 0 aromatic heterocycles. The third-order valence-corrected chi connectivity index (χ3v) is 5.05. The summed E-state index contributed by atoms with van der Waals surface area (Å²) >= 11 is 12.0. The molecule has 1 saturated heterocycles. The Morgan fingerprint density at radius 1 is 1.00 bits per heavy atom. The number of carbonyl (C=O) groups excluding carboxylic acids is 2. The molecule has 1 heterocycles. The lowest BCUT2D eigenvalue weighted by molar-refractivity contribution is 0.0724. The number of hydrogen-bond acceptors (Lipinski definition) is 2. The Labute approximate surface area is 168 Å². The molecule has 0 spiro atoms. The van der Waals surface area contributed by atoms with Crippen LogP contribution in [0.3, 0.4) is 0 Å². The topological polar surface area (TPSA) is 61.4 Å². The second-order valence-corrected chi connectivity index (χ2v) is 7.32. The number of amides is 3. The molecular formula is C20H21Cl2N3O2. The minimum absolute atomic E-state index is 0.00621. The lowest BCUT2D eigenvalue weighted by Crippen LogP contribution is -2.35. The van der Waals surface area contributed by atoms with Crippen LogP contribution in [-0.2, 0) is 6.54 Å². The van der Waals surface area contributed by atoms with Crippen molar-refractivity contribution in [1.29, 1.82) is 0 Å². The summed E-state index contributed by atoms with van der Waals surface area (Å²) in [6.45, 7) is 1.85. The molecule has 1 fully saturated rings. The summed E-state index contributed by atoms with van der Waals surface area (Å²) in [5.41, 5.74) is 1.92. The Morgan fingerprint density at radius 3 is 2.52 bits per heavy atom. The van der Waals surface area contributed by atoms with Gasteiger partial charge in [-0.3, -0.25) is 4.79 Å². The van der Waals surface area contributed by atoms with E-state index in [1.165, 1.54) is 6.42 Å². The average molecular weight is 406 g/mol. The summed E-state index contributed by atoms with van der Waals surface area (Å²) in [6, 6.07) is 11.7. The maximum atomic E-state index is 12.6. The summed E-state index contributed by atoms with van der Waals surface area (Å²) < 4.78 is 0. The number of carbonyl (C=O) groups is 2. The van der Waals surface area contributed by atoms with Crippen molar-refractivity contribution in [2.45, 2.75) is 25.8 Å². The zero-order valence-corrected chi connectivity index (χ0v) is 16.3. The predicted molar refractivity (Wildman–Crippen MR) is 109 cm³/mol. The van der Waals surface area contributed by atoms with Gasteiger partial charge in [0, 0.05) is 40.9 Å². The normalized spacial score (nSPS) is 13.9. The number of rotatable bonds is 4. The maximum Gasteiger partial charge on any atom is 0.319 e. The molecule has 7 heteroatoms. The van der Waals surface area contributed by atoms with E-state index in [0.29, 0.717) is 21.3 Å². The quantitative estimate of drug-likeness (QED) is 0.756. The monoisotopic (exact) mass is 405 g/mol. The van der Waals surface area contributed by atoms with Crippen LogP contribution in [0.5, 0.6) is 0 Å². The Balaban J connectivity index is 1.58. The van der Waals surface area contributed by atoms with E-state index in [1.807, 2.05) is 4.90 Å². The van der Waals surface area contributed by atoms with E-state index in [1.54, 1.807) is 42.5 Å². The number of hydrogen-bond donors (Lipinski definition) is 2. The van der Waals surface area contributed by atoms with E-state index in [2.05, 4.69) is 10.6 Å². The summed E-state index contributed by atoms with van der Waals surface area (Å²) in [5, 5.41) is 6.54. The van der Waals surface area contributed by atoms with Gasteiger partial charge in [0.05, 0.1) is 0 Å². The van der Waals surface area contributed by atoms with Crippen LogP contribution in [0.15, 0.2) is 42.5 Å². The van der Waals surface area contributed by atoms with Crippen molar-refractivity contribution >= 4 is 40.8 Å². The zero-order valence-electron chi connectivity index (χ0n) is 14.8. The molecule has 0 unspecified atom stereocenters. The van der Waals surface area contributed by atoms with Crippen LogP contribution in [0.25, 0.3) is 0 Å². The van der Waals surface area contributed by atoms with Crippen LogP contribution in [-0.4, -0.2) is 29.9 Å². The van der Waals surface area contributed by atoms with Gasteiger partial charge in [-0.05, 0) is 55.2 Å². The maximum absolute atomic E-state index is 12.6. The van der Waals surface area contributed by atoms with Crippen molar-refractivity contribution in [1.82, 2.24) is 10.2 Å². The van der Waals surface area contributed by atoms with Gasteiger partial charge in [0.25, 0.3) is 5.91 Å². The van der Waals surface area contributed by atoms with E-state index < -0.39 is 0 Å². The van der Waals surface area contributed by atoms with Crippen LogP contribution >= 0.6 is 23.2 Å². The first-order chi connectivity index (χ1) is 13.0. The van der Waals surface area contributed by atoms with Gasteiger partial charge >= 0.3 is 6.03 Å². The van der Waals surface area contributed by atoms with E-state index in [4.69, 9.17) is 23.2 Å². The fourth-order valence-corrected chi connectivity index (χ4v) is 3.50. The van der Waals surface area contributed by atoms with Crippen molar-refractivity contribution in [3.63, 3.8) is 0 Å². The molecule has 3 amide bonds. The fourth-order valence-electron chi connectivity index (χ4n) is 3.03. The molecule has 1 aliphatic heterocycles. The number of piperidine rings is 1. The molecule has 2 N–H and O–H groups in total. The molecule has 2 aromatic rings. The Bertz CT molecular complexity index is 836. The van der Waals surface area contributed by atoms with Crippen LogP contribution in [0.4, 0.5) is 10.5 Å². The van der Waals surface area contributed by atoms with Gasteiger partial charge in [-0.1, -0.05) is 35.3 Å². The molecule has 27 heavy (non-hydrogen) atoms. The molecule has 0 radical (unpaired) electrons. The van der Waals surface area contributed by atoms with E-state index in [-0.39, 0.29) is 18.5 Å². The summed E-state index contributed by atoms with van der Waals surface area (Å²) in [4.78, 5) is 26.6. The average Bonchev–Trinajstić information content (AvgIpc) is 2.67. The molecule has 1 aliphatic rings. The van der Waals surface area contributed by atoms with Gasteiger partial charge < -0.3 is 15.5 Å². The molecule has 0 bridgehead atoms. The molecule has 0 aliphatic carbocycles. The summed E-state index contributed by atoms with van der Waals surface area (Å²) in [5.74, 6) is 0.00621. The van der Waals surface area contributed by atoms with Crippen molar-refractivity contribution in [2.24, 2.45) is 0 Å². The molecule has 0 saturated carbocycles. The smallest absolute Gasteiger partial charge is 0.319 e. The van der Waals surface area contributed by atoms with Crippen molar-refractivity contribution < 1.29 is 9.59 Å². The molecule has 5 nitrogen and oxygen atoms in total. The van der Waals surface area contributed by atoms with Gasteiger partial charge in [0.1, 0.15) is 0 Å². The molecule has 142 valence electrons. The van der Waals surface area contributed by atoms with Gasteiger partial charge in [0.15, 0.2) is 0 Å². The Morgan fingerprint density at radius 2 is 1.78 bits per heavy atom. The number of nitrogens with zero attached hydrogens (tertiary/aromatic N) is 1. The summed E-state index contributed by atoms with van der Waals surface area (Å²) in [7, 11) is 0. The lowest BCUT2D eigenvalue weighted by atomic mass is 10.1. The molecule has 2 aromatic carbocycles. The first-order valence-electron chi connectivity index (χ1n) is 8.91. The molecular weight excluding hydrogens is 385 g/mol. The SMILES string of the molecule is O=C(NCc1ccc(Cl)cc1Cl)Nc1cccc(C(=O)N2CCCCC2)c1. The zero-order chi connectivity index (χ0) is 19.2. The third kappa shape index (κ3) is 5.37.